The maximum atomic E-state index is 13.3. The smallest absolute Gasteiger partial charge is 0.268 e. The van der Waals surface area contributed by atoms with E-state index in [-0.39, 0.29) is 4.90 Å². The van der Waals surface area contributed by atoms with Gasteiger partial charge in [0.1, 0.15) is 12.0 Å². The summed E-state index contributed by atoms with van der Waals surface area (Å²) in [4.78, 5) is 11.6. The summed E-state index contributed by atoms with van der Waals surface area (Å²) in [6, 6.07) is 9.92. The van der Waals surface area contributed by atoms with Crippen molar-refractivity contribution in [2.75, 3.05) is 7.11 Å². The Morgan fingerprint density at radius 3 is 2.39 bits per heavy atom. The quantitative estimate of drug-likeness (QED) is 0.453. The van der Waals surface area contributed by atoms with Crippen LogP contribution in [0.25, 0.3) is 10.9 Å². The van der Waals surface area contributed by atoms with E-state index in [1.54, 1.807) is 42.6 Å². The monoisotopic (exact) mass is 397 g/mol. The van der Waals surface area contributed by atoms with Crippen LogP contribution < -0.4 is 4.74 Å². The molecule has 0 aliphatic rings. The number of carbonyl (C=O) groups is 1. The molecule has 5 nitrogen and oxygen atoms in total. The highest BCUT2D eigenvalue weighted by atomic mass is 32.2. The number of aromatic nitrogens is 1. The Bertz CT molecular complexity index is 1170. The molecule has 0 radical (unpaired) electrons. The fourth-order valence-corrected chi connectivity index (χ4v) is 4.49. The number of nitrogens with zero attached hydrogens (tertiary/aromatic N) is 1. The molecular weight excluding hydrogens is 374 g/mol. The summed E-state index contributed by atoms with van der Waals surface area (Å²) in [6.45, 7) is 5.88. The van der Waals surface area contributed by atoms with Crippen LogP contribution >= 0.6 is 0 Å². The van der Waals surface area contributed by atoms with Gasteiger partial charge in [-0.15, -0.1) is 0 Å². The summed E-state index contributed by atoms with van der Waals surface area (Å²) >= 11 is 0. The van der Waals surface area contributed by atoms with Gasteiger partial charge in [0, 0.05) is 17.1 Å². The molecule has 3 aromatic rings. The highest BCUT2D eigenvalue weighted by Gasteiger charge is 2.23. The Hall–Kier alpha value is -2.86. The van der Waals surface area contributed by atoms with Gasteiger partial charge in [0.15, 0.2) is 0 Å². The van der Waals surface area contributed by atoms with Crippen LogP contribution in [0.1, 0.15) is 35.3 Å². The third kappa shape index (κ3) is 3.60. The van der Waals surface area contributed by atoms with Crippen molar-refractivity contribution >= 4 is 27.2 Å². The van der Waals surface area contributed by atoms with Gasteiger partial charge in [-0.2, -0.15) is 0 Å². The van der Waals surface area contributed by atoms with E-state index < -0.39 is 10.0 Å². The molecule has 0 aliphatic carbocycles. The lowest BCUT2D eigenvalue weighted by Crippen LogP contribution is -2.12. The Balaban J connectivity index is 2.34. The molecule has 0 aliphatic heterocycles. The number of ether oxygens (including phenoxy) is 1. The number of hydrogen-bond acceptors (Lipinski definition) is 4. The molecular formula is C22H23NO4S. The molecule has 0 fully saturated rings. The maximum Gasteiger partial charge on any atom is 0.268 e. The van der Waals surface area contributed by atoms with Gasteiger partial charge >= 0.3 is 0 Å². The summed E-state index contributed by atoms with van der Waals surface area (Å²) < 4.78 is 33.4. The van der Waals surface area contributed by atoms with Crippen LogP contribution in [0.3, 0.4) is 0 Å². The summed E-state index contributed by atoms with van der Waals surface area (Å²) in [5, 5.41) is 0.696. The first-order valence-electron chi connectivity index (χ1n) is 8.90. The molecule has 0 N–H and O–H groups in total. The summed E-state index contributed by atoms with van der Waals surface area (Å²) in [6.07, 6.45) is 4.90. The SMILES string of the molecule is COc1cc(C=O)cc2c1c(CC=C(C)C)cn2S(=O)(=O)c1ccc(C)cc1. The normalized spacial score (nSPS) is 11.4. The molecule has 0 saturated heterocycles. The minimum Gasteiger partial charge on any atom is -0.496 e. The number of carbonyl (C=O) groups excluding carboxylic acids is 1. The number of aryl methyl sites for hydroxylation is 1. The minimum absolute atomic E-state index is 0.194. The Morgan fingerprint density at radius 2 is 1.82 bits per heavy atom. The van der Waals surface area contributed by atoms with E-state index in [0.717, 1.165) is 16.7 Å². The lowest BCUT2D eigenvalue weighted by atomic mass is 10.1. The van der Waals surface area contributed by atoms with Crippen LogP contribution in [0, 0.1) is 6.92 Å². The number of fused-ring (bicyclic) bond motifs is 1. The number of rotatable bonds is 6. The molecule has 0 unspecified atom stereocenters. The molecule has 2 aromatic carbocycles. The van der Waals surface area contributed by atoms with Gasteiger partial charge in [-0.25, -0.2) is 12.4 Å². The van der Waals surface area contributed by atoms with E-state index in [0.29, 0.717) is 34.9 Å². The van der Waals surface area contributed by atoms with E-state index in [1.807, 2.05) is 26.8 Å². The number of methoxy groups -OCH3 is 1. The van der Waals surface area contributed by atoms with Crippen molar-refractivity contribution in [2.24, 2.45) is 0 Å². The molecule has 1 heterocycles. The molecule has 28 heavy (non-hydrogen) atoms. The summed E-state index contributed by atoms with van der Waals surface area (Å²) in [5.41, 5.74) is 3.72. The number of aldehydes is 1. The Morgan fingerprint density at radius 1 is 1.14 bits per heavy atom. The topological polar surface area (TPSA) is 65.4 Å². The van der Waals surface area contributed by atoms with Crippen molar-refractivity contribution in [3.8, 4) is 5.75 Å². The van der Waals surface area contributed by atoms with Crippen LogP contribution in [0.15, 0.2) is 59.1 Å². The molecule has 0 atom stereocenters. The molecule has 6 heteroatoms. The average Bonchev–Trinajstić information content (AvgIpc) is 3.05. The molecule has 0 bridgehead atoms. The van der Waals surface area contributed by atoms with Gasteiger partial charge < -0.3 is 4.74 Å². The van der Waals surface area contributed by atoms with Crippen LogP contribution in [-0.4, -0.2) is 25.8 Å². The zero-order chi connectivity index (χ0) is 20.5. The molecule has 146 valence electrons. The third-order valence-electron chi connectivity index (χ3n) is 4.60. The second-order valence-electron chi connectivity index (χ2n) is 6.99. The fourth-order valence-electron chi connectivity index (χ4n) is 3.11. The zero-order valence-electron chi connectivity index (χ0n) is 16.4. The van der Waals surface area contributed by atoms with Crippen LogP contribution in [0.2, 0.25) is 0 Å². The molecule has 3 rings (SSSR count). The predicted octanol–water partition coefficient (Wildman–Crippen LogP) is 4.52. The van der Waals surface area contributed by atoms with Gasteiger partial charge in [0.05, 0.1) is 17.5 Å². The van der Waals surface area contributed by atoms with E-state index in [1.165, 1.54) is 11.1 Å². The number of benzene rings is 2. The first kappa shape index (κ1) is 19.9. The van der Waals surface area contributed by atoms with E-state index >= 15 is 0 Å². The second kappa shape index (κ2) is 7.64. The highest BCUT2D eigenvalue weighted by molar-refractivity contribution is 7.90. The predicted molar refractivity (Wildman–Crippen MR) is 111 cm³/mol. The fraction of sp³-hybridized carbons (Fsp3) is 0.227. The lowest BCUT2D eigenvalue weighted by molar-refractivity contribution is 0.112. The third-order valence-corrected chi connectivity index (χ3v) is 6.29. The number of allylic oxidation sites excluding steroid dienone is 2. The zero-order valence-corrected chi connectivity index (χ0v) is 17.2. The van der Waals surface area contributed by atoms with Crippen molar-refractivity contribution in [2.45, 2.75) is 32.1 Å². The van der Waals surface area contributed by atoms with Gasteiger partial charge in [-0.3, -0.25) is 4.79 Å². The van der Waals surface area contributed by atoms with Crippen molar-refractivity contribution in [1.29, 1.82) is 0 Å². The van der Waals surface area contributed by atoms with E-state index in [2.05, 4.69) is 0 Å². The van der Waals surface area contributed by atoms with Crippen molar-refractivity contribution < 1.29 is 17.9 Å². The van der Waals surface area contributed by atoms with Crippen molar-refractivity contribution in [3.63, 3.8) is 0 Å². The first-order valence-corrected chi connectivity index (χ1v) is 10.3. The first-order chi connectivity index (χ1) is 13.3. The van der Waals surface area contributed by atoms with E-state index in [9.17, 15) is 13.2 Å². The summed E-state index contributed by atoms with van der Waals surface area (Å²) in [7, 11) is -2.31. The van der Waals surface area contributed by atoms with Crippen LogP contribution in [0.4, 0.5) is 0 Å². The van der Waals surface area contributed by atoms with Gasteiger partial charge in [0.2, 0.25) is 0 Å². The van der Waals surface area contributed by atoms with Crippen LogP contribution in [-0.2, 0) is 16.4 Å². The molecule has 0 amide bonds. The molecule has 0 saturated carbocycles. The second-order valence-corrected chi connectivity index (χ2v) is 8.80. The van der Waals surface area contributed by atoms with Gasteiger partial charge in [0.25, 0.3) is 10.0 Å². The summed E-state index contributed by atoms with van der Waals surface area (Å²) in [5.74, 6) is 0.481. The Kier molecular flexibility index (Phi) is 5.42. The Labute approximate surface area is 165 Å². The number of hydrogen-bond donors (Lipinski definition) is 0. The van der Waals surface area contributed by atoms with E-state index in [4.69, 9.17) is 4.74 Å². The maximum absolute atomic E-state index is 13.3. The van der Waals surface area contributed by atoms with Gasteiger partial charge in [-0.05, 0) is 57.0 Å². The highest BCUT2D eigenvalue weighted by Crippen LogP contribution is 2.34. The molecule has 1 aromatic heterocycles. The molecule has 0 spiro atoms. The van der Waals surface area contributed by atoms with Crippen molar-refractivity contribution in [1.82, 2.24) is 3.97 Å². The van der Waals surface area contributed by atoms with Gasteiger partial charge in [-0.1, -0.05) is 29.3 Å². The minimum atomic E-state index is -3.83. The average molecular weight is 397 g/mol. The van der Waals surface area contributed by atoms with Crippen LogP contribution in [0.5, 0.6) is 5.75 Å². The van der Waals surface area contributed by atoms with Crippen molar-refractivity contribution in [3.05, 3.63) is 70.9 Å². The lowest BCUT2D eigenvalue weighted by Gasteiger charge is -2.09. The largest absolute Gasteiger partial charge is 0.496 e. The standard InChI is InChI=1S/C22H23NO4S/c1-15(2)5-8-18-13-23(28(25,26)19-9-6-16(3)7-10-19)20-11-17(14-24)12-21(27-4)22(18)20/h5-7,9-14H,8H2,1-4H3.